The molecular weight excluding hydrogens is 436 g/mol. The maximum Gasteiger partial charge on any atom is 0.289 e. The van der Waals surface area contributed by atoms with Crippen LogP contribution >= 0.6 is 0 Å². The lowest BCUT2D eigenvalue weighted by Gasteiger charge is -2.30. The third-order valence-electron chi connectivity index (χ3n) is 6.48. The molecule has 0 aliphatic carbocycles. The summed E-state index contributed by atoms with van der Waals surface area (Å²) in [5, 5.41) is 13.7. The van der Waals surface area contributed by atoms with Crippen LogP contribution in [0.5, 0.6) is 0 Å². The van der Waals surface area contributed by atoms with E-state index in [-0.39, 0.29) is 23.2 Å². The summed E-state index contributed by atoms with van der Waals surface area (Å²) in [6.45, 7) is 3.71. The quantitative estimate of drug-likeness (QED) is 0.455. The highest BCUT2D eigenvalue weighted by Gasteiger charge is 2.33. The van der Waals surface area contributed by atoms with Gasteiger partial charge in [-0.2, -0.15) is 0 Å². The predicted octanol–water partition coefficient (Wildman–Crippen LogP) is 4.03. The maximum absolute atomic E-state index is 13.1. The molecule has 2 bridgehead atoms. The van der Waals surface area contributed by atoms with Gasteiger partial charge >= 0.3 is 0 Å². The van der Waals surface area contributed by atoms with Crippen LogP contribution in [0.25, 0.3) is 11.3 Å². The van der Waals surface area contributed by atoms with Gasteiger partial charge in [0.25, 0.3) is 17.5 Å². The van der Waals surface area contributed by atoms with Gasteiger partial charge in [-0.05, 0) is 55.3 Å². The van der Waals surface area contributed by atoms with Crippen LogP contribution in [-0.2, 0) is 0 Å². The molecule has 4 heterocycles. The van der Waals surface area contributed by atoms with E-state index in [1.54, 1.807) is 36.4 Å². The van der Waals surface area contributed by atoms with E-state index in [4.69, 9.17) is 4.42 Å². The van der Waals surface area contributed by atoms with Crippen molar-refractivity contribution in [2.24, 2.45) is 0 Å². The number of benzene rings is 2. The second kappa shape index (κ2) is 9.11. The lowest BCUT2D eigenvalue weighted by molar-refractivity contribution is -0.384. The Morgan fingerprint density at radius 2 is 1.74 bits per heavy atom. The molecule has 174 valence electrons. The number of amides is 2. The molecule has 0 spiro atoms. The molecular formula is C25H24N4O5. The molecule has 9 nitrogen and oxygen atoms in total. The van der Waals surface area contributed by atoms with Crippen LogP contribution in [0.3, 0.4) is 0 Å². The number of nitrogens with one attached hydrogen (secondary N) is 1. The highest BCUT2D eigenvalue weighted by molar-refractivity contribution is 6.04. The molecule has 0 radical (unpaired) electrons. The second-order valence-electron chi connectivity index (χ2n) is 8.57. The monoisotopic (exact) mass is 460 g/mol. The number of hydrogen-bond acceptors (Lipinski definition) is 6. The Bertz CT molecular complexity index is 1230. The predicted molar refractivity (Wildman–Crippen MR) is 126 cm³/mol. The Balaban J connectivity index is 1.26. The fraction of sp³-hybridized carbons (Fsp3) is 0.280. The molecule has 2 aromatic carbocycles. The first-order valence-electron chi connectivity index (χ1n) is 11.3. The SMILES string of the molecule is O=C(Nc1ccc(-c2ccc(C(=O)N3CCN4CCC3CC4)o2)cc1)c1cccc([N+](=O)[O-])c1. The largest absolute Gasteiger partial charge is 0.451 e. The number of carbonyl (C=O) groups excluding carboxylic acids is 2. The van der Waals surface area contributed by atoms with Gasteiger partial charge in [0, 0.05) is 61.2 Å². The minimum absolute atomic E-state index is 0.0687. The first-order valence-corrected chi connectivity index (χ1v) is 11.3. The molecule has 1 aromatic heterocycles. The van der Waals surface area contributed by atoms with Gasteiger partial charge < -0.3 is 19.5 Å². The van der Waals surface area contributed by atoms with Crippen molar-refractivity contribution in [3.05, 3.63) is 82.1 Å². The highest BCUT2D eigenvalue weighted by Crippen LogP contribution is 2.27. The van der Waals surface area contributed by atoms with Crippen molar-refractivity contribution in [3.63, 3.8) is 0 Å². The van der Waals surface area contributed by atoms with Crippen molar-refractivity contribution in [2.75, 3.05) is 31.5 Å². The van der Waals surface area contributed by atoms with E-state index in [0.29, 0.717) is 17.2 Å². The smallest absolute Gasteiger partial charge is 0.289 e. The van der Waals surface area contributed by atoms with Crippen LogP contribution in [0.1, 0.15) is 33.8 Å². The van der Waals surface area contributed by atoms with E-state index in [1.165, 1.54) is 24.3 Å². The molecule has 3 aromatic rings. The lowest BCUT2D eigenvalue weighted by atomic mass is 10.1. The van der Waals surface area contributed by atoms with Gasteiger partial charge in [0.15, 0.2) is 5.76 Å². The molecule has 0 saturated carbocycles. The van der Waals surface area contributed by atoms with E-state index in [1.807, 2.05) is 4.90 Å². The summed E-state index contributed by atoms with van der Waals surface area (Å²) >= 11 is 0. The summed E-state index contributed by atoms with van der Waals surface area (Å²) in [5.74, 6) is 0.396. The Hall–Kier alpha value is -3.98. The number of rotatable bonds is 5. The molecule has 34 heavy (non-hydrogen) atoms. The fourth-order valence-electron chi connectivity index (χ4n) is 4.59. The van der Waals surface area contributed by atoms with E-state index in [2.05, 4.69) is 10.2 Å². The molecule has 3 aliphatic rings. The van der Waals surface area contributed by atoms with E-state index < -0.39 is 10.8 Å². The summed E-state index contributed by atoms with van der Waals surface area (Å²) in [7, 11) is 0. The topological polar surface area (TPSA) is 109 Å². The van der Waals surface area contributed by atoms with E-state index in [0.717, 1.165) is 44.6 Å². The maximum atomic E-state index is 13.1. The van der Waals surface area contributed by atoms with Crippen LogP contribution in [0, 0.1) is 10.1 Å². The van der Waals surface area contributed by atoms with Crippen molar-refractivity contribution >= 4 is 23.2 Å². The number of fused-ring (bicyclic) bond motifs is 4. The third kappa shape index (κ3) is 4.42. The van der Waals surface area contributed by atoms with Crippen molar-refractivity contribution in [1.29, 1.82) is 0 Å². The molecule has 0 atom stereocenters. The molecule has 1 N–H and O–H groups in total. The summed E-state index contributed by atoms with van der Waals surface area (Å²) in [5.41, 5.74) is 1.37. The number of carbonyl (C=O) groups is 2. The minimum atomic E-state index is -0.539. The van der Waals surface area contributed by atoms with Gasteiger partial charge in [0.1, 0.15) is 5.76 Å². The van der Waals surface area contributed by atoms with Crippen molar-refractivity contribution in [1.82, 2.24) is 9.80 Å². The highest BCUT2D eigenvalue weighted by atomic mass is 16.6. The number of nitro groups is 1. The van der Waals surface area contributed by atoms with Crippen molar-refractivity contribution in [2.45, 2.75) is 18.9 Å². The van der Waals surface area contributed by atoms with Crippen LogP contribution in [0.15, 0.2) is 65.1 Å². The van der Waals surface area contributed by atoms with Gasteiger partial charge in [-0.25, -0.2) is 0 Å². The van der Waals surface area contributed by atoms with Crippen LogP contribution < -0.4 is 5.32 Å². The molecule has 6 rings (SSSR count). The first kappa shape index (κ1) is 21.8. The number of nitro benzene ring substituents is 1. The normalized spacial score (nSPS) is 19.5. The third-order valence-corrected chi connectivity index (χ3v) is 6.48. The number of nitrogens with zero attached hydrogens (tertiary/aromatic N) is 3. The van der Waals surface area contributed by atoms with Crippen LogP contribution in [-0.4, -0.2) is 58.8 Å². The minimum Gasteiger partial charge on any atom is -0.451 e. The van der Waals surface area contributed by atoms with Gasteiger partial charge in [-0.15, -0.1) is 0 Å². The second-order valence-corrected chi connectivity index (χ2v) is 8.57. The summed E-state index contributed by atoms with van der Waals surface area (Å²) < 4.78 is 5.90. The van der Waals surface area contributed by atoms with Gasteiger partial charge in [-0.3, -0.25) is 19.7 Å². The van der Waals surface area contributed by atoms with Gasteiger partial charge in [-0.1, -0.05) is 6.07 Å². The average molecular weight is 460 g/mol. The lowest BCUT2D eigenvalue weighted by Crippen LogP contribution is -2.41. The molecule has 3 saturated heterocycles. The van der Waals surface area contributed by atoms with Gasteiger partial charge in [0.2, 0.25) is 0 Å². The Morgan fingerprint density at radius 1 is 0.971 bits per heavy atom. The van der Waals surface area contributed by atoms with Crippen LogP contribution in [0.4, 0.5) is 11.4 Å². The standard InChI is InChI=1S/C25H24N4O5/c30-24(18-2-1-3-21(16-18)29(32)33)26-19-6-4-17(5-7-19)22-8-9-23(34-22)25(31)28-15-14-27-12-10-20(28)11-13-27/h1-9,16,20H,10-15H2,(H,26,30). The fourth-order valence-corrected chi connectivity index (χ4v) is 4.59. The Kier molecular flexibility index (Phi) is 5.85. The van der Waals surface area contributed by atoms with E-state index >= 15 is 0 Å². The van der Waals surface area contributed by atoms with E-state index in [9.17, 15) is 19.7 Å². The number of non-ortho nitro benzene ring substituents is 1. The zero-order chi connectivity index (χ0) is 23.7. The summed E-state index contributed by atoms with van der Waals surface area (Å²) in [6.07, 6.45) is 2.01. The number of anilines is 1. The van der Waals surface area contributed by atoms with Crippen molar-refractivity contribution in [3.8, 4) is 11.3 Å². The zero-order valence-electron chi connectivity index (χ0n) is 18.5. The molecule has 9 heteroatoms. The first-order chi connectivity index (χ1) is 16.5. The van der Waals surface area contributed by atoms with Crippen LogP contribution in [0.2, 0.25) is 0 Å². The Labute approximate surface area is 196 Å². The molecule has 3 aliphatic heterocycles. The number of hydrogen-bond donors (Lipinski definition) is 1. The van der Waals surface area contributed by atoms with Crippen molar-refractivity contribution < 1.29 is 18.9 Å². The summed E-state index contributed by atoms with van der Waals surface area (Å²) in [6, 6.07) is 16.3. The molecule has 0 unspecified atom stereocenters. The molecule has 3 fully saturated rings. The average Bonchev–Trinajstić information content (AvgIpc) is 3.16. The van der Waals surface area contributed by atoms with Gasteiger partial charge in [0.05, 0.1) is 4.92 Å². The molecule has 2 amide bonds. The number of furan rings is 1. The zero-order valence-corrected chi connectivity index (χ0v) is 18.5. The Morgan fingerprint density at radius 3 is 2.47 bits per heavy atom. The summed E-state index contributed by atoms with van der Waals surface area (Å²) in [4.78, 5) is 40.3. The number of piperidine rings is 1.